The Bertz CT molecular complexity index is 2130. The Balaban J connectivity index is 1.19. The highest BCUT2D eigenvalue weighted by molar-refractivity contribution is 5.97. The van der Waals surface area contributed by atoms with Gasteiger partial charge in [0.1, 0.15) is 11.3 Å². The van der Waals surface area contributed by atoms with Crippen LogP contribution in [-0.4, -0.2) is 45.2 Å². The molecule has 2 aromatic carbocycles. The number of aryl methyl sites for hydroxylation is 1. The van der Waals surface area contributed by atoms with Gasteiger partial charge in [-0.15, -0.1) is 0 Å². The number of amides is 1. The van der Waals surface area contributed by atoms with Crippen LogP contribution >= 0.6 is 0 Å². The van der Waals surface area contributed by atoms with Crippen molar-refractivity contribution >= 4 is 33.9 Å². The number of imidazole rings is 2. The van der Waals surface area contributed by atoms with E-state index in [1.54, 1.807) is 29.5 Å². The number of nitrogen functional groups attached to an aromatic ring is 1. The fraction of sp³-hybridized carbons (Fsp3) is 0.0968. The molecule has 0 unspecified atom stereocenters. The number of aromatic nitrogens is 8. The number of carbonyl (C=O) groups excluding carboxylic acids is 1. The molecule has 0 saturated carbocycles. The zero-order valence-corrected chi connectivity index (χ0v) is 22.3. The summed E-state index contributed by atoms with van der Waals surface area (Å²) >= 11 is 0. The summed E-state index contributed by atoms with van der Waals surface area (Å²) in [7, 11) is 0. The predicted molar refractivity (Wildman–Crippen MR) is 158 cm³/mol. The van der Waals surface area contributed by atoms with E-state index in [9.17, 15) is 4.79 Å². The monoisotopic (exact) mass is 552 g/mol. The van der Waals surface area contributed by atoms with Crippen molar-refractivity contribution in [1.29, 1.82) is 0 Å². The van der Waals surface area contributed by atoms with Crippen molar-refractivity contribution in [3.05, 3.63) is 108 Å². The molecule has 4 N–H and O–H groups in total. The Morgan fingerprint density at radius 3 is 2.79 bits per heavy atom. The van der Waals surface area contributed by atoms with Crippen LogP contribution in [0.2, 0.25) is 0 Å². The SMILES string of the molecule is Nc1ncccc1-c1nc2ccc(-n3cccn3)nc2n1-c1ccc2c(c1)CC[C@@H]2NC(=O)c1ccc2nc[nH]c2c1. The summed E-state index contributed by atoms with van der Waals surface area (Å²) in [6.07, 6.45) is 8.50. The van der Waals surface area contributed by atoms with Gasteiger partial charge in [0.15, 0.2) is 17.3 Å². The number of benzene rings is 2. The second kappa shape index (κ2) is 9.37. The number of aromatic amines is 1. The standard InChI is InChI=1S/C31H24N10O/c32-28-22(3-1-12-33-28)29-37-25-10-11-27(40-14-2-13-36-40)39-30(25)41(29)20-6-7-21-18(15-20)4-8-23(21)38-31(42)19-5-9-24-26(16-19)35-17-34-24/h1-3,5-7,9-17,23H,4,8H2,(H2,32,33)(H,34,35)(H,38,42)/t23-/m0/s1. The van der Waals surface area contributed by atoms with Crippen LogP contribution in [0.3, 0.4) is 0 Å². The van der Waals surface area contributed by atoms with Gasteiger partial charge in [-0.2, -0.15) is 5.10 Å². The van der Waals surface area contributed by atoms with Gasteiger partial charge in [-0.3, -0.25) is 9.36 Å². The number of carbonyl (C=O) groups is 1. The second-order valence-electron chi connectivity index (χ2n) is 10.3. The molecule has 5 heterocycles. The molecular weight excluding hydrogens is 528 g/mol. The minimum absolute atomic E-state index is 0.0865. The van der Waals surface area contributed by atoms with Crippen LogP contribution < -0.4 is 11.1 Å². The van der Waals surface area contributed by atoms with Crippen molar-refractivity contribution in [1.82, 2.24) is 44.6 Å². The highest BCUT2D eigenvalue weighted by Crippen LogP contribution is 2.36. The molecule has 0 radical (unpaired) electrons. The third kappa shape index (κ3) is 3.90. The second-order valence-corrected chi connectivity index (χ2v) is 10.3. The van der Waals surface area contributed by atoms with Gasteiger partial charge >= 0.3 is 0 Å². The van der Waals surface area contributed by atoms with Crippen molar-refractivity contribution in [2.75, 3.05) is 5.73 Å². The maximum absolute atomic E-state index is 13.1. The minimum Gasteiger partial charge on any atom is -0.383 e. The molecule has 1 atom stereocenters. The number of anilines is 1. The summed E-state index contributed by atoms with van der Waals surface area (Å²) in [6, 6.07) is 21.1. The van der Waals surface area contributed by atoms with Crippen molar-refractivity contribution < 1.29 is 4.79 Å². The number of nitrogens with two attached hydrogens (primary N) is 1. The normalized spacial score (nSPS) is 14.4. The van der Waals surface area contributed by atoms with E-state index in [0.29, 0.717) is 28.7 Å². The lowest BCUT2D eigenvalue weighted by atomic mass is 10.1. The molecule has 0 spiro atoms. The van der Waals surface area contributed by atoms with Crippen molar-refractivity contribution in [2.45, 2.75) is 18.9 Å². The van der Waals surface area contributed by atoms with E-state index >= 15 is 0 Å². The lowest BCUT2D eigenvalue weighted by molar-refractivity contribution is 0.0937. The molecule has 11 heteroatoms. The van der Waals surface area contributed by atoms with Crippen molar-refractivity contribution in [2.24, 2.45) is 0 Å². The molecule has 0 fully saturated rings. The molecule has 1 amide bonds. The van der Waals surface area contributed by atoms with Crippen LogP contribution in [0.4, 0.5) is 5.82 Å². The summed E-state index contributed by atoms with van der Waals surface area (Å²) in [5, 5.41) is 7.56. The summed E-state index contributed by atoms with van der Waals surface area (Å²) in [6.45, 7) is 0. The molecule has 0 saturated heterocycles. The van der Waals surface area contributed by atoms with Gasteiger partial charge in [-0.1, -0.05) is 6.07 Å². The highest BCUT2D eigenvalue weighted by Gasteiger charge is 2.26. The quantitative estimate of drug-likeness (QED) is 0.284. The first-order valence-electron chi connectivity index (χ1n) is 13.6. The minimum atomic E-state index is -0.112. The van der Waals surface area contributed by atoms with Gasteiger partial charge in [0, 0.05) is 29.8 Å². The number of hydrogen-bond donors (Lipinski definition) is 3. The molecule has 0 aliphatic heterocycles. The van der Waals surface area contributed by atoms with Crippen LogP contribution in [0.15, 0.2) is 91.6 Å². The highest BCUT2D eigenvalue weighted by atomic mass is 16.1. The first kappa shape index (κ1) is 24.0. The Morgan fingerprint density at radius 2 is 1.90 bits per heavy atom. The van der Waals surface area contributed by atoms with Crippen LogP contribution in [-0.2, 0) is 6.42 Å². The number of nitrogens with zero attached hydrogens (tertiary/aromatic N) is 7. The maximum atomic E-state index is 13.1. The summed E-state index contributed by atoms with van der Waals surface area (Å²) in [5.74, 6) is 1.60. The van der Waals surface area contributed by atoms with E-state index in [1.165, 1.54) is 0 Å². The van der Waals surface area contributed by atoms with E-state index in [2.05, 4.69) is 37.5 Å². The first-order chi connectivity index (χ1) is 20.6. The maximum Gasteiger partial charge on any atom is 0.251 e. The van der Waals surface area contributed by atoms with Crippen molar-refractivity contribution in [3.63, 3.8) is 0 Å². The Hall–Kier alpha value is -5.84. The molecule has 1 aliphatic carbocycles. The lowest BCUT2D eigenvalue weighted by Crippen LogP contribution is -2.27. The zero-order chi connectivity index (χ0) is 28.2. The van der Waals surface area contributed by atoms with Gasteiger partial charge in [-0.05, 0) is 84.6 Å². The third-order valence-corrected chi connectivity index (χ3v) is 7.76. The summed E-state index contributed by atoms with van der Waals surface area (Å²) in [5.41, 5.74) is 13.9. The molecule has 11 nitrogen and oxygen atoms in total. The van der Waals surface area contributed by atoms with Gasteiger partial charge in [0.2, 0.25) is 0 Å². The van der Waals surface area contributed by atoms with Crippen LogP contribution in [0.1, 0.15) is 33.9 Å². The number of nitrogens with one attached hydrogen (secondary N) is 2. The van der Waals surface area contributed by atoms with Crippen LogP contribution in [0.5, 0.6) is 0 Å². The molecule has 42 heavy (non-hydrogen) atoms. The first-order valence-corrected chi connectivity index (χ1v) is 13.6. The lowest BCUT2D eigenvalue weighted by Gasteiger charge is -2.16. The zero-order valence-electron chi connectivity index (χ0n) is 22.3. The number of fused-ring (bicyclic) bond motifs is 3. The van der Waals surface area contributed by atoms with Gasteiger partial charge in [-0.25, -0.2) is 24.6 Å². The molecule has 7 aromatic rings. The van der Waals surface area contributed by atoms with Gasteiger partial charge in [0.05, 0.1) is 29.0 Å². The third-order valence-electron chi connectivity index (χ3n) is 7.76. The van der Waals surface area contributed by atoms with E-state index in [1.807, 2.05) is 59.3 Å². The Morgan fingerprint density at radius 1 is 0.976 bits per heavy atom. The number of pyridine rings is 2. The average molecular weight is 553 g/mol. The molecular formula is C31H24N10O. The predicted octanol–water partition coefficient (Wildman–Crippen LogP) is 4.54. The van der Waals surface area contributed by atoms with E-state index in [-0.39, 0.29) is 11.9 Å². The number of hydrogen-bond acceptors (Lipinski definition) is 7. The van der Waals surface area contributed by atoms with Crippen LogP contribution in [0, 0.1) is 0 Å². The van der Waals surface area contributed by atoms with E-state index in [0.717, 1.165) is 51.8 Å². The molecule has 1 aliphatic rings. The van der Waals surface area contributed by atoms with Crippen LogP contribution in [0.25, 0.3) is 45.1 Å². The molecule has 5 aromatic heterocycles. The average Bonchev–Trinajstić information content (AvgIpc) is 3.83. The fourth-order valence-corrected chi connectivity index (χ4v) is 5.72. The molecule has 8 rings (SSSR count). The van der Waals surface area contributed by atoms with E-state index < -0.39 is 0 Å². The van der Waals surface area contributed by atoms with Crippen molar-refractivity contribution in [3.8, 4) is 22.9 Å². The van der Waals surface area contributed by atoms with E-state index in [4.69, 9.17) is 15.7 Å². The topological polar surface area (TPSA) is 145 Å². The summed E-state index contributed by atoms with van der Waals surface area (Å²) in [4.78, 5) is 34.6. The number of rotatable bonds is 5. The summed E-state index contributed by atoms with van der Waals surface area (Å²) < 4.78 is 3.73. The van der Waals surface area contributed by atoms with Gasteiger partial charge in [0.25, 0.3) is 5.91 Å². The molecule has 0 bridgehead atoms. The Labute approximate surface area is 239 Å². The smallest absolute Gasteiger partial charge is 0.251 e. The molecule has 204 valence electrons. The van der Waals surface area contributed by atoms with Gasteiger partial charge < -0.3 is 16.0 Å². The fourth-order valence-electron chi connectivity index (χ4n) is 5.72. The Kier molecular flexibility index (Phi) is 5.36. The largest absolute Gasteiger partial charge is 0.383 e. The number of H-pyrrole nitrogens is 1.